The Morgan fingerprint density at radius 3 is 2.69 bits per heavy atom. The number of aliphatic hydroxyl groups is 1. The number of alkyl halides is 4. The zero-order chi connectivity index (χ0) is 18.5. The van der Waals surface area contributed by atoms with Gasteiger partial charge in [-0.05, 0) is 18.6 Å². The lowest BCUT2D eigenvalue weighted by atomic mass is 10.0. The standard InChI is InChI=1S/C17H15F4N3OS/c18-15(19)26-11-3-1-2-9(6-11)13-12-4-5-17(20,21)14(12)23-16(22-13)24-7-10(25)8-24/h1-3,6,10,15,25H,4-5,7-8H2. The minimum atomic E-state index is -3.04. The van der Waals surface area contributed by atoms with E-state index in [4.69, 9.17) is 0 Å². The number of halogens is 4. The molecule has 0 spiro atoms. The summed E-state index contributed by atoms with van der Waals surface area (Å²) in [7, 11) is 0. The number of benzene rings is 1. The molecule has 1 aromatic carbocycles. The summed E-state index contributed by atoms with van der Waals surface area (Å²) in [6, 6.07) is 6.35. The van der Waals surface area contributed by atoms with E-state index >= 15 is 0 Å². The van der Waals surface area contributed by atoms with Crippen LogP contribution in [0.1, 0.15) is 17.7 Å². The molecular weight excluding hydrogens is 370 g/mol. The SMILES string of the molecule is OC1CN(c2nc(-c3cccc(SC(F)F)c3)c3c(n2)C(F)(F)CC3)C1. The Kier molecular flexibility index (Phi) is 4.31. The predicted molar refractivity (Wildman–Crippen MR) is 89.8 cm³/mol. The van der Waals surface area contributed by atoms with Crippen molar-refractivity contribution in [2.75, 3.05) is 18.0 Å². The first kappa shape index (κ1) is 17.5. The molecule has 9 heteroatoms. The van der Waals surface area contributed by atoms with E-state index in [0.29, 0.717) is 33.5 Å². The third-order valence-corrected chi connectivity index (χ3v) is 5.21. The molecule has 1 aliphatic carbocycles. The maximum absolute atomic E-state index is 14.3. The van der Waals surface area contributed by atoms with Gasteiger partial charge in [0.05, 0.1) is 11.8 Å². The van der Waals surface area contributed by atoms with Gasteiger partial charge in [0.1, 0.15) is 5.69 Å². The lowest BCUT2D eigenvalue weighted by molar-refractivity contribution is -0.00596. The van der Waals surface area contributed by atoms with Crippen LogP contribution in [0.2, 0.25) is 0 Å². The number of rotatable bonds is 4. The molecule has 0 bridgehead atoms. The number of aromatic nitrogens is 2. The van der Waals surface area contributed by atoms with Gasteiger partial charge < -0.3 is 10.0 Å². The van der Waals surface area contributed by atoms with E-state index in [9.17, 15) is 22.7 Å². The first-order valence-corrected chi connectivity index (χ1v) is 8.99. The molecule has 1 fully saturated rings. The van der Waals surface area contributed by atoms with Crippen LogP contribution in [0.25, 0.3) is 11.3 Å². The largest absolute Gasteiger partial charge is 0.389 e. The van der Waals surface area contributed by atoms with E-state index in [-0.39, 0.29) is 37.6 Å². The van der Waals surface area contributed by atoms with Crippen molar-refractivity contribution in [1.29, 1.82) is 0 Å². The molecule has 138 valence electrons. The number of nitrogens with zero attached hydrogens (tertiary/aromatic N) is 3. The molecule has 26 heavy (non-hydrogen) atoms. The van der Waals surface area contributed by atoms with Crippen LogP contribution in [0.5, 0.6) is 0 Å². The van der Waals surface area contributed by atoms with Crippen molar-refractivity contribution < 1.29 is 22.7 Å². The van der Waals surface area contributed by atoms with Crippen LogP contribution in [-0.4, -0.2) is 40.0 Å². The molecule has 1 saturated heterocycles. The molecule has 0 saturated carbocycles. The third kappa shape index (κ3) is 3.14. The molecule has 0 radical (unpaired) electrons. The first-order valence-electron chi connectivity index (χ1n) is 8.11. The highest BCUT2D eigenvalue weighted by molar-refractivity contribution is 7.99. The van der Waals surface area contributed by atoms with Gasteiger partial charge in [0, 0.05) is 35.5 Å². The summed E-state index contributed by atoms with van der Waals surface area (Å²) in [6.07, 6.45) is -0.740. The van der Waals surface area contributed by atoms with E-state index in [1.807, 2.05) is 0 Å². The summed E-state index contributed by atoms with van der Waals surface area (Å²) in [4.78, 5) is 10.4. The van der Waals surface area contributed by atoms with Crippen molar-refractivity contribution in [3.05, 3.63) is 35.5 Å². The zero-order valence-corrected chi connectivity index (χ0v) is 14.3. The highest BCUT2D eigenvalue weighted by Crippen LogP contribution is 2.45. The summed E-state index contributed by atoms with van der Waals surface area (Å²) in [6.45, 7) is 0.566. The van der Waals surface area contributed by atoms with Crippen LogP contribution in [0.3, 0.4) is 0 Å². The van der Waals surface area contributed by atoms with Gasteiger partial charge in [-0.3, -0.25) is 0 Å². The first-order chi connectivity index (χ1) is 12.3. The maximum Gasteiger partial charge on any atom is 0.290 e. The number of anilines is 1. The second-order valence-corrected chi connectivity index (χ2v) is 7.43. The summed E-state index contributed by atoms with van der Waals surface area (Å²) in [5.41, 5.74) is 0.916. The molecule has 4 nitrogen and oxygen atoms in total. The Hall–Kier alpha value is -1.87. The highest BCUT2D eigenvalue weighted by atomic mass is 32.2. The van der Waals surface area contributed by atoms with Crippen LogP contribution in [0.15, 0.2) is 29.2 Å². The molecule has 4 rings (SSSR count). The molecule has 0 atom stereocenters. The molecule has 2 heterocycles. The Balaban J connectivity index is 1.80. The minimum absolute atomic E-state index is 0.132. The van der Waals surface area contributed by atoms with Crippen molar-refractivity contribution in [2.24, 2.45) is 0 Å². The van der Waals surface area contributed by atoms with Gasteiger partial charge in [0.15, 0.2) is 0 Å². The van der Waals surface area contributed by atoms with Crippen molar-refractivity contribution in [2.45, 2.75) is 35.5 Å². The van der Waals surface area contributed by atoms with Crippen molar-refractivity contribution in [3.8, 4) is 11.3 Å². The Labute approximate surface area is 151 Å². The fraction of sp³-hybridized carbons (Fsp3) is 0.412. The van der Waals surface area contributed by atoms with Crippen LogP contribution in [0, 0.1) is 0 Å². The van der Waals surface area contributed by atoms with Crippen LogP contribution in [0.4, 0.5) is 23.5 Å². The van der Waals surface area contributed by atoms with Gasteiger partial charge in [0.2, 0.25) is 5.95 Å². The Morgan fingerprint density at radius 2 is 2.00 bits per heavy atom. The number of thioether (sulfide) groups is 1. The molecule has 1 aliphatic heterocycles. The number of β-amino-alcohol motifs (C(OH)–C–C–N with tert-alkyl or cyclic N) is 1. The second kappa shape index (κ2) is 6.38. The smallest absolute Gasteiger partial charge is 0.290 e. The average Bonchev–Trinajstić information content (AvgIpc) is 2.86. The monoisotopic (exact) mass is 385 g/mol. The summed E-state index contributed by atoms with van der Waals surface area (Å²) in [5, 5.41) is 9.46. The van der Waals surface area contributed by atoms with Crippen molar-refractivity contribution in [1.82, 2.24) is 9.97 Å². The molecule has 1 aromatic heterocycles. The summed E-state index contributed by atoms with van der Waals surface area (Å²) < 4.78 is 53.8. The van der Waals surface area contributed by atoms with E-state index < -0.39 is 17.8 Å². The topological polar surface area (TPSA) is 49.2 Å². The number of fused-ring (bicyclic) bond motifs is 1. The molecule has 2 aromatic rings. The van der Waals surface area contributed by atoms with E-state index in [2.05, 4.69) is 9.97 Å². The molecule has 0 amide bonds. The minimum Gasteiger partial charge on any atom is -0.389 e. The van der Waals surface area contributed by atoms with E-state index in [1.54, 1.807) is 23.1 Å². The van der Waals surface area contributed by atoms with Crippen molar-refractivity contribution in [3.63, 3.8) is 0 Å². The normalized spacial score (nSPS) is 18.9. The maximum atomic E-state index is 14.3. The zero-order valence-electron chi connectivity index (χ0n) is 13.5. The van der Waals surface area contributed by atoms with E-state index in [1.165, 1.54) is 6.07 Å². The molecule has 0 unspecified atom stereocenters. The predicted octanol–water partition coefficient (Wildman–Crippen LogP) is 3.68. The fourth-order valence-corrected chi connectivity index (χ4v) is 3.79. The van der Waals surface area contributed by atoms with Gasteiger partial charge in [-0.1, -0.05) is 23.9 Å². The summed E-state index contributed by atoms with van der Waals surface area (Å²) in [5.74, 6) is -5.47. The number of hydrogen-bond acceptors (Lipinski definition) is 5. The third-order valence-electron chi connectivity index (χ3n) is 4.51. The van der Waals surface area contributed by atoms with Gasteiger partial charge in [-0.25, -0.2) is 9.97 Å². The molecule has 2 aliphatic rings. The lowest BCUT2D eigenvalue weighted by Crippen LogP contribution is -2.51. The highest BCUT2D eigenvalue weighted by Gasteiger charge is 2.44. The van der Waals surface area contributed by atoms with Gasteiger partial charge in [-0.2, -0.15) is 17.6 Å². The summed E-state index contributed by atoms with van der Waals surface area (Å²) >= 11 is 0.398. The van der Waals surface area contributed by atoms with Crippen LogP contribution >= 0.6 is 11.8 Å². The lowest BCUT2D eigenvalue weighted by Gasteiger charge is -2.36. The van der Waals surface area contributed by atoms with Gasteiger partial charge >= 0.3 is 0 Å². The molecular formula is C17H15F4N3OS. The number of hydrogen-bond donors (Lipinski definition) is 1. The van der Waals surface area contributed by atoms with Crippen LogP contribution in [-0.2, 0) is 12.3 Å². The second-order valence-electron chi connectivity index (χ2n) is 6.37. The van der Waals surface area contributed by atoms with Crippen molar-refractivity contribution >= 4 is 17.7 Å². The quantitative estimate of drug-likeness (QED) is 0.643. The van der Waals surface area contributed by atoms with Gasteiger partial charge in [0.25, 0.3) is 11.7 Å². The van der Waals surface area contributed by atoms with Crippen LogP contribution < -0.4 is 4.90 Å². The Morgan fingerprint density at radius 1 is 1.23 bits per heavy atom. The Bertz CT molecular complexity index is 843. The average molecular weight is 385 g/mol. The number of aliphatic hydroxyl groups excluding tert-OH is 1. The van der Waals surface area contributed by atoms with E-state index in [0.717, 1.165) is 0 Å². The van der Waals surface area contributed by atoms with Gasteiger partial charge in [-0.15, -0.1) is 0 Å². The fourth-order valence-electron chi connectivity index (χ4n) is 3.23. The molecule has 1 N–H and O–H groups in total.